The Balaban J connectivity index is 1.63. The number of hydrogen-bond donors (Lipinski definition) is 1. The third-order valence-electron chi connectivity index (χ3n) is 4.68. The molecule has 0 bridgehead atoms. The van der Waals surface area contributed by atoms with Gasteiger partial charge in [0.05, 0.1) is 5.69 Å². The maximum absolute atomic E-state index is 12.9. The lowest BCUT2D eigenvalue weighted by atomic mass is 10.1. The maximum atomic E-state index is 12.9. The number of hydrogen-bond acceptors (Lipinski definition) is 5. The highest BCUT2D eigenvalue weighted by Crippen LogP contribution is 2.26. The third-order valence-corrected chi connectivity index (χ3v) is 4.93. The first-order valence-electron chi connectivity index (χ1n) is 9.22. The summed E-state index contributed by atoms with van der Waals surface area (Å²) in [6.45, 7) is 1.48. The Labute approximate surface area is 181 Å². The third kappa shape index (κ3) is 4.04. The van der Waals surface area contributed by atoms with Gasteiger partial charge in [0.1, 0.15) is 17.1 Å². The number of halogens is 1. The SMILES string of the molecule is CC(=O)c1ccc(-c2ccc(/C=C3\C(=O)NC(=O)N(c4ccc(Cl)cc4)C3=O)o2)cc1. The molecule has 2 aromatic carbocycles. The number of benzene rings is 2. The molecule has 8 heteroatoms. The molecule has 0 atom stereocenters. The molecular weight excluding hydrogens is 420 g/mol. The first-order valence-corrected chi connectivity index (χ1v) is 9.59. The van der Waals surface area contributed by atoms with E-state index in [2.05, 4.69) is 5.32 Å². The summed E-state index contributed by atoms with van der Waals surface area (Å²) in [5.41, 5.74) is 1.33. The van der Waals surface area contributed by atoms with E-state index in [0.29, 0.717) is 16.3 Å². The van der Waals surface area contributed by atoms with Crippen molar-refractivity contribution in [2.45, 2.75) is 6.92 Å². The van der Waals surface area contributed by atoms with Crippen LogP contribution in [0.15, 0.2) is 70.7 Å². The van der Waals surface area contributed by atoms with Crippen LogP contribution in [0.3, 0.4) is 0 Å². The quantitative estimate of drug-likeness (QED) is 0.371. The smallest absolute Gasteiger partial charge is 0.335 e. The summed E-state index contributed by atoms with van der Waals surface area (Å²) in [6, 6.07) is 15.4. The number of nitrogens with zero attached hydrogens (tertiary/aromatic N) is 1. The van der Waals surface area contributed by atoms with Crippen LogP contribution in [0.1, 0.15) is 23.0 Å². The summed E-state index contributed by atoms with van der Waals surface area (Å²) >= 11 is 5.86. The minimum atomic E-state index is -0.847. The highest BCUT2D eigenvalue weighted by Gasteiger charge is 2.37. The van der Waals surface area contributed by atoms with Crippen molar-refractivity contribution in [1.29, 1.82) is 0 Å². The van der Waals surface area contributed by atoms with Crippen molar-refractivity contribution < 1.29 is 23.6 Å². The van der Waals surface area contributed by atoms with E-state index in [9.17, 15) is 19.2 Å². The summed E-state index contributed by atoms with van der Waals surface area (Å²) in [5, 5.41) is 2.60. The average molecular weight is 435 g/mol. The Hall–Kier alpha value is -3.97. The van der Waals surface area contributed by atoms with Gasteiger partial charge >= 0.3 is 6.03 Å². The standard InChI is InChI=1S/C23H15ClN2O5/c1-13(27)14-2-4-15(5-3-14)20-11-10-18(31-20)12-19-21(28)25-23(30)26(22(19)29)17-8-6-16(24)7-9-17/h2-12H,1H3,(H,25,28,30)/b19-12+. The van der Waals surface area contributed by atoms with Gasteiger partial charge in [-0.25, -0.2) is 9.69 Å². The molecule has 0 aliphatic carbocycles. The van der Waals surface area contributed by atoms with Gasteiger partial charge in [0, 0.05) is 16.1 Å². The van der Waals surface area contributed by atoms with Crippen molar-refractivity contribution in [1.82, 2.24) is 5.32 Å². The molecule has 7 nitrogen and oxygen atoms in total. The summed E-state index contributed by atoms with van der Waals surface area (Å²) < 4.78 is 5.74. The van der Waals surface area contributed by atoms with Gasteiger partial charge in [-0.2, -0.15) is 0 Å². The van der Waals surface area contributed by atoms with Crippen LogP contribution in [0.4, 0.5) is 10.5 Å². The van der Waals surface area contributed by atoms with Crippen LogP contribution in [0.25, 0.3) is 17.4 Å². The fourth-order valence-corrected chi connectivity index (χ4v) is 3.21. The van der Waals surface area contributed by atoms with Crippen LogP contribution in [0, 0.1) is 0 Å². The van der Waals surface area contributed by atoms with E-state index in [-0.39, 0.29) is 22.8 Å². The Morgan fingerprint density at radius 3 is 2.29 bits per heavy atom. The minimum absolute atomic E-state index is 0.0435. The number of anilines is 1. The Morgan fingerprint density at radius 1 is 0.968 bits per heavy atom. The summed E-state index contributed by atoms with van der Waals surface area (Å²) in [7, 11) is 0. The zero-order valence-corrected chi connectivity index (χ0v) is 17.0. The second kappa shape index (κ2) is 8.04. The van der Waals surface area contributed by atoms with Crippen molar-refractivity contribution in [3.8, 4) is 11.3 Å². The van der Waals surface area contributed by atoms with Crippen LogP contribution >= 0.6 is 11.6 Å². The molecule has 4 amide bonds. The van der Waals surface area contributed by atoms with E-state index in [1.165, 1.54) is 37.3 Å². The second-order valence-corrected chi connectivity index (χ2v) is 7.21. The number of amides is 4. The molecule has 3 aromatic rings. The summed E-state index contributed by atoms with van der Waals surface area (Å²) in [6.07, 6.45) is 1.28. The van der Waals surface area contributed by atoms with Crippen LogP contribution in [0.2, 0.25) is 5.02 Å². The van der Waals surface area contributed by atoms with Crippen LogP contribution in [-0.2, 0) is 9.59 Å². The molecule has 4 rings (SSSR count). The predicted molar refractivity (Wildman–Crippen MR) is 115 cm³/mol. The zero-order chi connectivity index (χ0) is 22.1. The van der Waals surface area contributed by atoms with Crippen LogP contribution < -0.4 is 10.2 Å². The average Bonchev–Trinajstić information content (AvgIpc) is 3.21. The molecular formula is C23H15ClN2O5. The maximum Gasteiger partial charge on any atom is 0.335 e. The lowest BCUT2D eigenvalue weighted by Crippen LogP contribution is -2.54. The number of furan rings is 1. The van der Waals surface area contributed by atoms with Crippen LogP contribution in [-0.4, -0.2) is 23.6 Å². The molecule has 1 N–H and O–H groups in total. The molecule has 31 heavy (non-hydrogen) atoms. The number of ketones is 1. The van der Waals surface area contributed by atoms with E-state index in [4.69, 9.17) is 16.0 Å². The molecule has 1 aliphatic rings. The molecule has 1 fully saturated rings. The van der Waals surface area contributed by atoms with Crippen LogP contribution in [0.5, 0.6) is 0 Å². The topological polar surface area (TPSA) is 96.7 Å². The van der Waals surface area contributed by atoms with E-state index >= 15 is 0 Å². The van der Waals surface area contributed by atoms with Crippen molar-refractivity contribution >= 4 is 47.0 Å². The van der Waals surface area contributed by atoms with E-state index in [1.807, 2.05) is 0 Å². The zero-order valence-electron chi connectivity index (χ0n) is 16.2. The number of urea groups is 1. The Kier molecular flexibility index (Phi) is 5.27. The number of barbiturate groups is 1. The lowest BCUT2D eigenvalue weighted by molar-refractivity contribution is -0.122. The monoisotopic (exact) mass is 434 g/mol. The fraction of sp³-hybridized carbons (Fsp3) is 0.0435. The largest absolute Gasteiger partial charge is 0.457 e. The molecule has 0 radical (unpaired) electrons. The normalized spacial score (nSPS) is 15.4. The lowest BCUT2D eigenvalue weighted by Gasteiger charge is -2.26. The Morgan fingerprint density at radius 2 is 1.65 bits per heavy atom. The molecule has 2 heterocycles. The van der Waals surface area contributed by atoms with E-state index in [1.54, 1.807) is 36.4 Å². The van der Waals surface area contributed by atoms with Gasteiger partial charge in [-0.3, -0.25) is 19.7 Å². The van der Waals surface area contributed by atoms with E-state index in [0.717, 1.165) is 10.5 Å². The number of imide groups is 2. The molecule has 0 unspecified atom stereocenters. The van der Waals surface area contributed by atoms with Gasteiger partial charge in [0.15, 0.2) is 5.78 Å². The summed E-state index contributed by atoms with van der Waals surface area (Å²) in [4.78, 5) is 49.7. The van der Waals surface area contributed by atoms with Gasteiger partial charge in [-0.1, -0.05) is 35.9 Å². The van der Waals surface area contributed by atoms with Gasteiger partial charge in [0.2, 0.25) is 0 Å². The van der Waals surface area contributed by atoms with Crippen molar-refractivity contribution in [3.63, 3.8) is 0 Å². The van der Waals surface area contributed by atoms with Gasteiger partial charge in [0.25, 0.3) is 11.8 Å². The fourth-order valence-electron chi connectivity index (χ4n) is 3.08. The highest BCUT2D eigenvalue weighted by molar-refractivity contribution is 6.39. The van der Waals surface area contributed by atoms with Gasteiger partial charge in [-0.15, -0.1) is 0 Å². The molecule has 0 saturated carbocycles. The minimum Gasteiger partial charge on any atom is -0.457 e. The van der Waals surface area contributed by atoms with Gasteiger partial charge in [-0.05, 0) is 49.4 Å². The predicted octanol–water partition coefficient (Wildman–Crippen LogP) is 4.47. The van der Waals surface area contributed by atoms with Crippen molar-refractivity contribution in [2.24, 2.45) is 0 Å². The second-order valence-electron chi connectivity index (χ2n) is 6.77. The Bertz CT molecular complexity index is 1240. The molecule has 1 aromatic heterocycles. The van der Waals surface area contributed by atoms with Crippen molar-refractivity contribution in [3.05, 3.63) is 82.6 Å². The molecule has 1 saturated heterocycles. The first-order chi connectivity index (χ1) is 14.8. The number of Topliss-reactive ketones (excluding diaryl/α,β-unsaturated/α-hetero) is 1. The molecule has 154 valence electrons. The van der Waals surface area contributed by atoms with Crippen molar-refractivity contribution in [2.75, 3.05) is 4.90 Å². The number of nitrogens with one attached hydrogen (secondary N) is 1. The van der Waals surface area contributed by atoms with Gasteiger partial charge < -0.3 is 4.42 Å². The number of carbonyl (C=O) groups excluding carboxylic acids is 4. The number of rotatable bonds is 4. The highest BCUT2D eigenvalue weighted by atomic mass is 35.5. The first kappa shape index (κ1) is 20.3. The summed E-state index contributed by atoms with van der Waals surface area (Å²) in [5.74, 6) is -0.882. The molecule has 0 spiro atoms. The van der Waals surface area contributed by atoms with E-state index < -0.39 is 17.8 Å². The number of carbonyl (C=O) groups is 4. The molecule has 1 aliphatic heterocycles.